The van der Waals surface area contributed by atoms with E-state index in [2.05, 4.69) is 0 Å². The van der Waals surface area contributed by atoms with Crippen LogP contribution in [0.15, 0.2) is 0 Å². The Labute approximate surface area is 109 Å². The zero-order chi connectivity index (χ0) is 15.1. The van der Waals surface area contributed by atoms with Crippen LogP contribution in [-0.2, 0) is 14.3 Å². The molecule has 0 saturated carbocycles. The Morgan fingerprint density at radius 1 is 1.26 bits per heavy atom. The van der Waals surface area contributed by atoms with Gasteiger partial charge in [-0.05, 0) is 20.3 Å². The predicted octanol–water partition coefficient (Wildman–Crippen LogP) is 2.19. The Balaban J connectivity index is 3.17. The summed E-state index contributed by atoms with van der Waals surface area (Å²) in [5.41, 5.74) is -3.10. The van der Waals surface area contributed by atoms with Crippen LogP contribution in [0.5, 0.6) is 0 Å². The van der Waals surface area contributed by atoms with Gasteiger partial charge in [-0.1, -0.05) is 13.8 Å². The van der Waals surface area contributed by atoms with Crippen molar-refractivity contribution in [3.05, 3.63) is 0 Å². The van der Waals surface area contributed by atoms with E-state index >= 15 is 0 Å². The molecule has 0 unspecified atom stereocenters. The van der Waals surface area contributed by atoms with Gasteiger partial charge in [-0.15, -0.1) is 0 Å². The molecule has 1 fully saturated rings. The van der Waals surface area contributed by atoms with Crippen molar-refractivity contribution in [3.63, 3.8) is 0 Å². The van der Waals surface area contributed by atoms with E-state index in [0.29, 0.717) is 0 Å². The molecule has 0 amide bonds. The molecule has 4 nitrogen and oxygen atoms in total. The number of Topliss-reactive ketones (excluding diaryl/α,β-unsaturated/α-hetero) is 1. The molecule has 0 radical (unpaired) electrons. The van der Waals surface area contributed by atoms with Gasteiger partial charge >= 0.3 is 6.18 Å². The van der Waals surface area contributed by atoms with Gasteiger partial charge in [0.2, 0.25) is 0 Å². The second-order valence-electron chi connectivity index (χ2n) is 5.07. The molecule has 19 heavy (non-hydrogen) atoms. The third-order valence-electron chi connectivity index (χ3n) is 3.26. The minimum Gasteiger partial charge on any atom is -0.378 e. The monoisotopic (exact) mass is 284 g/mol. The number of aliphatic hydroxyl groups is 1. The number of hydrogen-bond acceptors (Lipinski definition) is 4. The third-order valence-corrected chi connectivity index (χ3v) is 3.26. The first-order valence-corrected chi connectivity index (χ1v) is 6.16. The molecule has 112 valence electrons. The summed E-state index contributed by atoms with van der Waals surface area (Å²) >= 11 is 0. The molecule has 0 aromatic heterocycles. The fraction of sp³-hybridized carbons (Fsp3) is 0.917. The van der Waals surface area contributed by atoms with Crippen molar-refractivity contribution in [2.45, 2.75) is 70.3 Å². The minimum atomic E-state index is -4.90. The number of carbonyl (C=O) groups is 1. The van der Waals surface area contributed by atoms with Crippen LogP contribution >= 0.6 is 0 Å². The first-order chi connectivity index (χ1) is 8.48. The SMILES string of the molecule is CCC(=O)[C@@H]1OC(C)(C)O[C@H]1[C@](O)(CC)C(F)(F)F. The van der Waals surface area contributed by atoms with E-state index in [1.165, 1.54) is 27.7 Å². The van der Waals surface area contributed by atoms with Gasteiger partial charge in [-0.25, -0.2) is 0 Å². The van der Waals surface area contributed by atoms with Crippen LogP contribution in [0.3, 0.4) is 0 Å². The topological polar surface area (TPSA) is 55.8 Å². The van der Waals surface area contributed by atoms with Crippen molar-refractivity contribution in [1.29, 1.82) is 0 Å². The molecule has 7 heteroatoms. The summed E-state index contributed by atoms with van der Waals surface area (Å²) in [5, 5.41) is 9.92. The summed E-state index contributed by atoms with van der Waals surface area (Å²) in [7, 11) is 0. The number of hydrogen-bond donors (Lipinski definition) is 1. The van der Waals surface area contributed by atoms with Crippen LogP contribution in [0, 0.1) is 0 Å². The first kappa shape index (κ1) is 16.4. The van der Waals surface area contributed by atoms with Gasteiger partial charge in [0.1, 0.15) is 12.2 Å². The van der Waals surface area contributed by atoms with Gasteiger partial charge in [0.05, 0.1) is 0 Å². The maximum atomic E-state index is 13.1. The highest BCUT2D eigenvalue weighted by molar-refractivity contribution is 5.84. The van der Waals surface area contributed by atoms with Gasteiger partial charge < -0.3 is 14.6 Å². The van der Waals surface area contributed by atoms with Crippen molar-refractivity contribution < 1.29 is 32.5 Å². The first-order valence-electron chi connectivity index (χ1n) is 6.16. The molecular formula is C12H19F3O4. The normalized spacial score (nSPS) is 30.1. The average Bonchev–Trinajstić information content (AvgIpc) is 2.62. The number of halogens is 3. The van der Waals surface area contributed by atoms with E-state index < -0.39 is 42.0 Å². The van der Waals surface area contributed by atoms with Gasteiger partial charge in [0, 0.05) is 6.42 Å². The smallest absolute Gasteiger partial charge is 0.378 e. The summed E-state index contributed by atoms with van der Waals surface area (Å²) in [5.74, 6) is -1.86. The summed E-state index contributed by atoms with van der Waals surface area (Å²) in [6.45, 7) is 5.53. The van der Waals surface area contributed by atoms with Crippen molar-refractivity contribution in [3.8, 4) is 0 Å². The van der Waals surface area contributed by atoms with Crippen molar-refractivity contribution in [2.24, 2.45) is 0 Å². The highest BCUT2D eigenvalue weighted by Gasteiger charge is 2.65. The second kappa shape index (κ2) is 5.03. The molecule has 1 rings (SSSR count). The molecule has 0 aromatic rings. The molecule has 1 heterocycles. The Bertz CT molecular complexity index is 353. The van der Waals surface area contributed by atoms with E-state index in [4.69, 9.17) is 9.47 Å². The standard InChI is InChI=1S/C12H19F3O4/c1-5-7(16)8-9(19-10(3,4)18-8)11(17,6-2)12(13,14)15/h8-9,17H,5-6H2,1-4H3/t8-,9+,11+/m0/s1. The Morgan fingerprint density at radius 2 is 1.79 bits per heavy atom. The zero-order valence-corrected chi connectivity index (χ0v) is 11.4. The van der Waals surface area contributed by atoms with Crippen LogP contribution in [0.1, 0.15) is 40.5 Å². The van der Waals surface area contributed by atoms with E-state index in [1.807, 2.05) is 0 Å². The second-order valence-corrected chi connectivity index (χ2v) is 5.07. The van der Waals surface area contributed by atoms with Gasteiger partial charge in [-0.3, -0.25) is 4.79 Å². The van der Waals surface area contributed by atoms with Crippen LogP contribution in [0.2, 0.25) is 0 Å². The van der Waals surface area contributed by atoms with Crippen LogP contribution in [0.25, 0.3) is 0 Å². The fourth-order valence-corrected chi connectivity index (χ4v) is 2.11. The van der Waals surface area contributed by atoms with Crippen molar-refractivity contribution in [2.75, 3.05) is 0 Å². The number of ketones is 1. The molecule has 1 aliphatic rings. The third kappa shape index (κ3) is 2.93. The number of carbonyl (C=O) groups excluding carboxylic acids is 1. The summed E-state index contributed by atoms with van der Waals surface area (Å²) < 4.78 is 49.5. The quantitative estimate of drug-likeness (QED) is 0.859. The maximum absolute atomic E-state index is 13.1. The highest BCUT2D eigenvalue weighted by Crippen LogP contribution is 2.44. The summed E-state index contributed by atoms with van der Waals surface area (Å²) in [4.78, 5) is 11.7. The zero-order valence-electron chi connectivity index (χ0n) is 11.4. The average molecular weight is 284 g/mol. The van der Waals surface area contributed by atoms with Gasteiger partial charge in [0.15, 0.2) is 17.2 Å². The summed E-state index contributed by atoms with van der Waals surface area (Å²) in [6, 6.07) is 0. The van der Waals surface area contributed by atoms with Gasteiger partial charge in [0.25, 0.3) is 0 Å². The van der Waals surface area contributed by atoms with E-state index in [1.54, 1.807) is 0 Å². The molecule has 1 N–H and O–H groups in total. The van der Waals surface area contributed by atoms with Crippen LogP contribution in [0.4, 0.5) is 13.2 Å². The number of alkyl halides is 3. The van der Waals surface area contributed by atoms with Crippen molar-refractivity contribution >= 4 is 5.78 Å². The van der Waals surface area contributed by atoms with Crippen LogP contribution < -0.4 is 0 Å². The Morgan fingerprint density at radius 3 is 2.16 bits per heavy atom. The van der Waals surface area contributed by atoms with E-state index in [-0.39, 0.29) is 6.42 Å². The lowest BCUT2D eigenvalue weighted by atomic mass is 9.87. The molecular weight excluding hydrogens is 265 g/mol. The lowest BCUT2D eigenvalue weighted by Gasteiger charge is -2.35. The lowest BCUT2D eigenvalue weighted by Crippen LogP contribution is -2.59. The van der Waals surface area contributed by atoms with Crippen LogP contribution in [-0.4, -0.2) is 40.7 Å². The lowest BCUT2D eigenvalue weighted by molar-refractivity contribution is -0.299. The van der Waals surface area contributed by atoms with Gasteiger partial charge in [-0.2, -0.15) is 13.2 Å². The fourth-order valence-electron chi connectivity index (χ4n) is 2.11. The molecule has 0 spiro atoms. The largest absolute Gasteiger partial charge is 0.419 e. The molecule has 0 aromatic carbocycles. The Kier molecular flexibility index (Phi) is 4.34. The molecule has 0 bridgehead atoms. The maximum Gasteiger partial charge on any atom is 0.419 e. The van der Waals surface area contributed by atoms with Crippen molar-refractivity contribution in [1.82, 2.24) is 0 Å². The molecule has 3 atom stereocenters. The van der Waals surface area contributed by atoms with E-state index in [0.717, 1.165) is 0 Å². The summed E-state index contributed by atoms with van der Waals surface area (Å²) in [6.07, 6.45) is -8.67. The van der Waals surface area contributed by atoms with E-state index in [9.17, 15) is 23.1 Å². The number of rotatable bonds is 4. The highest BCUT2D eigenvalue weighted by atomic mass is 19.4. The number of ether oxygens (including phenoxy) is 2. The predicted molar refractivity (Wildman–Crippen MR) is 60.4 cm³/mol. The Hall–Kier alpha value is -0.660. The molecule has 1 saturated heterocycles. The molecule has 0 aliphatic carbocycles. The molecule has 1 aliphatic heterocycles. The minimum absolute atomic E-state index is 0.0122.